The van der Waals surface area contributed by atoms with Crippen LogP contribution in [-0.4, -0.2) is 25.8 Å². The number of pyridine rings is 1. The highest BCUT2D eigenvalue weighted by atomic mass is 32.1. The van der Waals surface area contributed by atoms with Crippen LogP contribution in [0.2, 0.25) is 0 Å². The molecule has 32 heavy (non-hydrogen) atoms. The number of benzene rings is 1. The van der Waals surface area contributed by atoms with E-state index >= 15 is 0 Å². The van der Waals surface area contributed by atoms with E-state index in [9.17, 15) is 4.79 Å². The maximum absolute atomic E-state index is 12.3. The second-order valence-electron chi connectivity index (χ2n) is 8.80. The Bertz CT molecular complexity index is 1280. The molecule has 0 unspecified atom stereocenters. The van der Waals surface area contributed by atoms with Gasteiger partial charge in [0.05, 0.1) is 5.69 Å². The zero-order valence-electron chi connectivity index (χ0n) is 19.1. The number of hydrogen-bond acceptors (Lipinski definition) is 6. The number of thiazole rings is 1. The fourth-order valence-corrected chi connectivity index (χ4v) is 4.33. The molecule has 3 aromatic heterocycles. The van der Waals surface area contributed by atoms with Crippen LogP contribution in [0.3, 0.4) is 0 Å². The second-order valence-corrected chi connectivity index (χ2v) is 9.66. The lowest BCUT2D eigenvalue weighted by Crippen LogP contribution is -2.34. The largest absolute Gasteiger partial charge is 0.339 e. The van der Waals surface area contributed by atoms with E-state index in [0.29, 0.717) is 11.6 Å². The molecule has 0 bridgehead atoms. The third-order valence-electron chi connectivity index (χ3n) is 5.21. The van der Waals surface area contributed by atoms with Gasteiger partial charge in [0.25, 0.3) is 0 Å². The van der Waals surface area contributed by atoms with Gasteiger partial charge < -0.3 is 0 Å². The molecule has 0 saturated heterocycles. The lowest BCUT2D eigenvalue weighted by molar-refractivity contribution is 0.253. The van der Waals surface area contributed by atoms with Gasteiger partial charge in [0.15, 0.2) is 5.65 Å². The number of nitrogens with zero attached hydrogens (tertiary/aromatic N) is 4. The first kappa shape index (κ1) is 21.8. The Morgan fingerprint density at radius 2 is 1.78 bits per heavy atom. The molecule has 3 N–H and O–H groups in total. The fourth-order valence-electron chi connectivity index (χ4n) is 3.57. The van der Waals surface area contributed by atoms with Crippen LogP contribution in [0.25, 0.3) is 21.6 Å². The zero-order chi connectivity index (χ0) is 23.0. The van der Waals surface area contributed by atoms with E-state index in [0.717, 1.165) is 32.9 Å². The van der Waals surface area contributed by atoms with Gasteiger partial charge in [-0.2, -0.15) is 5.10 Å². The van der Waals surface area contributed by atoms with Gasteiger partial charge in [-0.15, -0.1) is 11.3 Å². The van der Waals surface area contributed by atoms with Crippen molar-refractivity contribution in [3.8, 4) is 10.6 Å². The highest BCUT2D eigenvalue weighted by Crippen LogP contribution is 2.29. The summed E-state index contributed by atoms with van der Waals surface area (Å²) in [6.45, 7) is 10.5. The lowest BCUT2D eigenvalue weighted by atomic mass is 9.87. The van der Waals surface area contributed by atoms with Crippen molar-refractivity contribution in [3.05, 3.63) is 52.5 Å². The van der Waals surface area contributed by atoms with E-state index in [4.69, 9.17) is 0 Å². The summed E-state index contributed by atoms with van der Waals surface area (Å²) < 4.78 is 1.73. The minimum atomic E-state index is -0.425. The van der Waals surface area contributed by atoms with Gasteiger partial charge in [0, 0.05) is 23.4 Å². The van der Waals surface area contributed by atoms with Crippen molar-refractivity contribution in [1.29, 1.82) is 0 Å². The first-order valence-electron chi connectivity index (χ1n) is 10.3. The Balaban J connectivity index is 1.40. The normalized spacial score (nSPS) is 11.6. The molecule has 0 fully saturated rings. The van der Waals surface area contributed by atoms with Gasteiger partial charge in [0.1, 0.15) is 16.6 Å². The predicted molar refractivity (Wildman–Crippen MR) is 130 cm³/mol. The molecule has 4 aromatic rings. The van der Waals surface area contributed by atoms with Crippen molar-refractivity contribution in [2.45, 2.75) is 40.0 Å². The fraction of sp³-hybridized carbons (Fsp3) is 0.304. The Hall–Kier alpha value is -3.46. The topological polar surface area (TPSA) is 96.8 Å². The van der Waals surface area contributed by atoms with Crippen molar-refractivity contribution >= 4 is 40.0 Å². The van der Waals surface area contributed by atoms with Crippen molar-refractivity contribution in [2.75, 3.05) is 10.7 Å². The number of hydrogen-bond donors (Lipinski definition) is 3. The van der Waals surface area contributed by atoms with Gasteiger partial charge in [-0.25, -0.2) is 20.2 Å². The summed E-state index contributed by atoms with van der Waals surface area (Å²) >= 11 is 1.48. The molecule has 0 aliphatic carbocycles. The summed E-state index contributed by atoms with van der Waals surface area (Å²) in [4.78, 5) is 21.4. The van der Waals surface area contributed by atoms with Crippen LogP contribution in [0.4, 0.5) is 16.4 Å². The van der Waals surface area contributed by atoms with Gasteiger partial charge in [-0.3, -0.25) is 15.4 Å². The van der Waals surface area contributed by atoms with Crippen molar-refractivity contribution in [1.82, 2.24) is 25.2 Å². The Kier molecular flexibility index (Phi) is 5.60. The van der Waals surface area contributed by atoms with Gasteiger partial charge in [-0.1, -0.05) is 45.0 Å². The first-order chi connectivity index (χ1) is 15.1. The van der Waals surface area contributed by atoms with Crippen LogP contribution in [-0.2, 0) is 12.5 Å². The molecule has 1 aromatic carbocycles. The van der Waals surface area contributed by atoms with Crippen LogP contribution >= 0.6 is 11.3 Å². The van der Waals surface area contributed by atoms with Gasteiger partial charge >= 0.3 is 6.03 Å². The SMILES string of the molecule is Cc1cc(NNC(=O)Nc2csc(-c3ccc(C(C)(C)C)cc3)n2)nc2c1c(C)nn2C. The molecule has 2 amide bonds. The number of aromatic nitrogens is 4. The van der Waals surface area contributed by atoms with Gasteiger partial charge in [0.2, 0.25) is 0 Å². The maximum Gasteiger partial charge on any atom is 0.339 e. The van der Waals surface area contributed by atoms with Crippen LogP contribution in [0.15, 0.2) is 35.7 Å². The molecule has 0 saturated carbocycles. The smallest absolute Gasteiger partial charge is 0.290 e. The molecule has 3 heterocycles. The van der Waals surface area contributed by atoms with E-state index in [-0.39, 0.29) is 5.41 Å². The van der Waals surface area contributed by atoms with Gasteiger partial charge in [-0.05, 0) is 36.5 Å². The third kappa shape index (κ3) is 4.43. The van der Waals surface area contributed by atoms with Crippen LogP contribution in [0.5, 0.6) is 0 Å². The number of rotatable bonds is 4. The molecule has 0 radical (unpaired) electrons. The minimum absolute atomic E-state index is 0.104. The second kappa shape index (κ2) is 8.23. The summed E-state index contributed by atoms with van der Waals surface area (Å²) in [7, 11) is 1.85. The monoisotopic (exact) mass is 449 g/mol. The van der Waals surface area contributed by atoms with E-state index in [1.54, 1.807) is 4.68 Å². The van der Waals surface area contributed by atoms with E-state index in [1.807, 2.05) is 32.3 Å². The van der Waals surface area contributed by atoms with E-state index in [1.165, 1.54) is 16.9 Å². The molecule has 8 nitrogen and oxygen atoms in total. The molecular formula is C23H27N7OS. The number of carbonyl (C=O) groups is 1. The Labute approximate surface area is 191 Å². The molecule has 166 valence electrons. The molecule has 9 heteroatoms. The third-order valence-corrected chi connectivity index (χ3v) is 6.10. The van der Waals surface area contributed by atoms with Crippen molar-refractivity contribution in [2.24, 2.45) is 7.05 Å². The van der Waals surface area contributed by atoms with E-state index < -0.39 is 6.03 Å². The quantitative estimate of drug-likeness (QED) is 0.374. The average molecular weight is 450 g/mol. The number of fused-ring (bicyclic) bond motifs is 1. The minimum Gasteiger partial charge on any atom is -0.290 e. The van der Waals surface area contributed by atoms with Crippen molar-refractivity contribution < 1.29 is 4.79 Å². The summed E-state index contributed by atoms with van der Waals surface area (Å²) in [5.41, 5.74) is 10.6. The predicted octanol–water partition coefficient (Wildman–Crippen LogP) is 5.15. The first-order valence-corrected chi connectivity index (χ1v) is 11.2. The van der Waals surface area contributed by atoms with Crippen LogP contribution in [0, 0.1) is 13.8 Å². The number of aryl methyl sites for hydroxylation is 3. The number of hydrazine groups is 1. The highest BCUT2D eigenvalue weighted by Gasteiger charge is 2.15. The standard InChI is InChI=1S/C23H27N7OS/c1-13-11-17(24-20-19(13)14(2)29-30(20)6)27-28-22(31)26-18-12-32-21(25-18)15-7-9-16(10-8-15)23(3,4)5/h7-12H,1-6H3,(H,24,27)(H2,26,28,31). The molecule has 0 aliphatic rings. The molecule has 4 rings (SSSR count). The number of urea groups is 1. The summed E-state index contributed by atoms with van der Waals surface area (Å²) in [5, 5.41) is 10.8. The summed E-state index contributed by atoms with van der Waals surface area (Å²) in [6.07, 6.45) is 0. The number of amides is 2. The summed E-state index contributed by atoms with van der Waals surface area (Å²) in [5.74, 6) is 1.03. The molecule has 0 atom stereocenters. The number of nitrogens with one attached hydrogen (secondary N) is 3. The van der Waals surface area contributed by atoms with Crippen LogP contribution < -0.4 is 16.2 Å². The highest BCUT2D eigenvalue weighted by molar-refractivity contribution is 7.13. The maximum atomic E-state index is 12.3. The number of anilines is 2. The molecular weight excluding hydrogens is 422 g/mol. The lowest BCUT2D eigenvalue weighted by Gasteiger charge is -2.18. The average Bonchev–Trinajstić information content (AvgIpc) is 3.30. The zero-order valence-corrected chi connectivity index (χ0v) is 19.9. The van der Waals surface area contributed by atoms with E-state index in [2.05, 4.69) is 76.3 Å². The summed E-state index contributed by atoms with van der Waals surface area (Å²) in [6, 6.07) is 9.82. The molecule has 0 spiro atoms. The van der Waals surface area contributed by atoms with Crippen LogP contribution in [0.1, 0.15) is 37.6 Å². The Morgan fingerprint density at radius 1 is 1.06 bits per heavy atom. The number of carbonyl (C=O) groups excluding carboxylic acids is 1. The van der Waals surface area contributed by atoms with Crippen molar-refractivity contribution in [3.63, 3.8) is 0 Å². The molecule has 0 aliphatic heterocycles. The Morgan fingerprint density at radius 3 is 2.47 bits per heavy atom.